The third-order valence-electron chi connectivity index (χ3n) is 5.56. The van der Waals surface area contributed by atoms with Crippen molar-refractivity contribution >= 4 is 23.9 Å². The van der Waals surface area contributed by atoms with Gasteiger partial charge in [0.25, 0.3) is 0 Å². The standard InChI is InChI=1S/C16H30O4.C6H8O4/c17-15(18)13-11-9-7-5-3-1-2-4-6-8-10-12-14-16(19)20;7-4(8)6(5(9)10)2-1-3-6/h1-14H2,(H,17,18)(H,19,20);1-3H2,(H,7,8)(H,9,10). The number of hydrogen-bond donors (Lipinski definition) is 4. The molecule has 0 atom stereocenters. The Morgan fingerprint density at radius 3 is 0.900 bits per heavy atom. The maximum absolute atomic E-state index is 10.4. The van der Waals surface area contributed by atoms with E-state index in [0.29, 0.717) is 19.3 Å². The van der Waals surface area contributed by atoms with E-state index in [9.17, 15) is 19.2 Å². The molecule has 30 heavy (non-hydrogen) atoms. The molecule has 174 valence electrons. The molecule has 0 bridgehead atoms. The number of aliphatic carboxylic acids is 4. The Labute approximate surface area is 178 Å². The van der Waals surface area contributed by atoms with Crippen LogP contribution in [0.2, 0.25) is 0 Å². The Kier molecular flexibility index (Phi) is 15.5. The lowest BCUT2D eigenvalue weighted by Gasteiger charge is -2.32. The summed E-state index contributed by atoms with van der Waals surface area (Å²) in [4.78, 5) is 41.3. The van der Waals surface area contributed by atoms with Gasteiger partial charge >= 0.3 is 23.9 Å². The molecule has 0 aromatic rings. The Morgan fingerprint density at radius 2 is 0.767 bits per heavy atom. The minimum atomic E-state index is -1.44. The zero-order valence-corrected chi connectivity index (χ0v) is 17.9. The molecular weight excluding hydrogens is 392 g/mol. The van der Waals surface area contributed by atoms with Crippen LogP contribution in [-0.2, 0) is 19.2 Å². The molecule has 0 heterocycles. The van der Waals surface area contributed by atoms with E-state index in [1.54, 1.807) is 0 Å². The van der Waals surface area contributed by atoms with Crippen molar-refractivity contribution in [2.75, 3.05) is 0 Å². The molecule has 0 aliphatic heterocycles. The molecule has 1 aliphatic carbocycles. The zero-order chi connectivity index (χ0) is 22.8. The van der Waals surface area contributed by atoms with Gasteiger partial charge in [-0.3, -0.25) is 19.2 Å². The molecule has 0 aromatic carbocycles. The van der Waals surface area contributed by atoms with E-state index in [2.05, 4.69) is 0 Å². The summed E-state index contributed by atoms with van der Waals surface area (Å²) in [6, 6.07) is 0. The molecule has 0 unspecified atom stereocenters. The number of hydrogen-bond acceptors (Lipinski definition) is 4. The highest BCUT2D eigenvalue weighted by atomic mass is 16.4. The second-order valence-electron chi connectivity index (χ2n) is 8.08. The highest BCUT2D eigenvalue weighted by molar-refractivity contribution is 5.99. The van der Waals surface area contributed by atoms with Crippen LogP contribution < -0.4 is 0 Å². The maximum atomic E-state index is 10.4. The molecule has 1 aliphatic rings. The molecule has 8 nitrogen and oxygen atoms in total. The van der Waals surface area contributed by atoms with Crippen molar-refractivity contribution in [3.8, 4) is 0 Å². The van der Waals surface area contributed by atoms with Crippen LogP contribution in [0, 0.1) is 5.41 Å². The van der Waals surface area contributed by atoms with E-state index in [-0.39, 0.29) is 12.8 Å². The lowest BCUT2D eigenvalue weighted by Crippen LogP contribution is -2.44. The van der Waals surface area contributed by atoms with Gasteiger partial charge in [-0.2, -0.15) is 0 Å². The fourth-order valence-corrected chi connectivity index (χ4v) is 3.37. The number of rotatable bonds is 17. The van der Waals surface area contributed by atoms with Gasteiger partial charge in [0.1, 0.15) is 0 Å². The fraction of sp³-hybridized carbons (Fsp3) is 0.818. The van der Waals surface area contributed by atoms with Gasteiger partial charge in [-0.15, -0.1) is 0 Å². The van der Waals surface area contributed by atoms with Crippen molar-refractivity contribution < 1.29 is 39.6 Å². The minimum absolute atomic E-state index is 0.275. The monoisotopic (exact) mass is 430 g/mol. The summed E-state index contributed by atoms with van der Waals surface area (Å²) < 4.78 is 0. The molecule has 1 fully saturated rings. The molecular formula is C22H38O8. The van der Waals surface area contributed by atoms with E-state index in [0.717, 1.165) is 38.5 Å². The molecule has 0 amide bonds. The van der Waals surface area contributed by atoms with Crippen LogP contribution in [0.4, 0.5) is 0 Å². The fourth-order valence-electron chi connectivity index (χ4n) is 3.37. The van der Waals surface area contributed by atoms with E-state index in [4.69, 9.17) is 20.4 Å². The summed E-state index contributed by atoms with van der Waals surface area (Å²) in [7, 11) is 0. The second kappa shape index (κ2) is 16.7. The smallest absolute Gasteiger partial charge is 0.321 e. The largest absolute Gasteiger partial charge is 0.481 e. The highest BCUT2D eigenvalue weighted by Gasteiger charge is 2.51. The van der Waals surface area contributed by atoms with Gasteiger partial charge in [-0.25, -0.2) is 0 Å². The van der Waals surface area contributed by atoms with Crippen molar-refractivity contribution in [3.05, 3.63) is 0 Å². The lowest BCUT2D eigenvalue weighted by molar-refractivity contribution is -0.171. The van der Waals surface area contributed by atoms with E-state index in [1.165, 1.54) is 38.5 Å². The van der Waals surface area contributed by atoms with E-state index in [1.807, 2.05) is 0 Å². The average molecular weight is 431 g/mol. The predicted molar refractivity (Wildman–Crippen MR) is 111 cm³/mol. The second-order valence-corrected chi connectivity index (χ2v) is 8.08. The van der Waals surface area contributed by atoms with Crippen LogP contribution in [0.1, 0.15) is 109 Å². The summed E-state index contributed by atoms with van der Waals surface area (Å²) in [5.41, 5.74) is -1.44. The van der Waals surface area contributed by atoms with Gasteiger partial charge in [0.2, 0.25) is 0 Å². The number of carbonyl (C=O) groups is 4. The van der Waals surface area contributed by atoms with Gasteiger partial charge in [-0.05, 0) is 32.1 Å². The molecule has 0 radical (unpaired) electrons. The van der Waals surface area contributed by atoms with Crippen LogP contribution in [0.5, 0.6) is 0 Å². The van der Waals surface area contributed by atoms with Crippen LogP contribution in [0.25, 0.3) is 0 Å². The first-order chi connectivity index (χ1) is 14.2. The van der Waals surface area contributed by atoms with Crippen molar-refractivity contribution in [2.45, 2.75) is 109 Å². The Morgan fingerprint density at radius 1 is 0.500 bits per heavy atom. The van der Waals surface area contributed by atoms with Crippen molar-refractivity contribution in [3.63, 3.8) is 0 Å². The highest BCUT2D eigenvalue weighted by Crippen LogP contribution is 2.41. The van der Waals surface area contributed by atoms with Gasteiger partial charge in [0, 0.05) is 12.8 Å². The van der Waals surface area contributed by atoms with Gasteiger partial charge in [-0.1, -0.05) is 64.2 Å². The molecule has 4 N–H and O–H groups in total. The number of carboxylic acids is 4. The normalized spacial score (nSPS) is 14.1. The van der Waals surface area contributed by atoms with Gasteiger partial charge in [0.05, 0.1) is 0 Å². The Balaban J connectivity index is 0.000000696. The first-order valence-electron chi connectivity index (χ1n) is 11.1. The van der Waals surface area contributed by atoms with Crippen LogP contribution in [0.15, 0.2) is 0 Å². The van der Waals surface area contributed by atoms with Gasteiger partial charge in [0.15, 0.2) is 5.41 Å². The first kappa shape index (κ1) is 27.9. The van der Waals surface area contributed by atoms with Crippen LogP contribution >= 0.6 is 0 Å². The SMILES string of the molecule is O=C(O)C1(C(=O)O)CCC1.O=C(O)CCCCCCCCCCCCCCC(=O)O. The molecule has 0 aromatic heterocycles. The molecule has 0 spiro atoms. The lowest BCUT2D eigenvalue weighted by atomic mass is 9.69. The summed E-state index contributed by atoms with van der Waals surface area (Å²) in [6.07, 6.45) is 15.4. The van der Waals surface area contributed by atoms with E-state index < -0.39 is 29.3 Å². The quantitative estimate of drug-likeness (QED) is 0.187. The number of carboxylic acid groups (broad SMARTS) is 4. The van der Waals surface area contributed by atoms with E-state index >= 15 is 0 Å². The topological polar surface area (TPSA) is 149 Å². The Hall–Kier alpha value is -2.12. The summed E-state index contributed by atoms with van der Waals surface area (Å²) in [6.45, 7) is 0. The van der Waals surface area contributed by atoms with Crippen LogP contribution in [-0.4, -0.2) is 44.3 Å². The molecule has 1 saturated carbocycles. The van der Waals surface area contributed by atoms with Crippen molar-refractivity contribution in [1.82, 2.24) is 0 Å². The van der Waals surface area contributed by atoms with Crippen molar-refractivity contribution in [1.29, 1.82) is 0 Å². The molecule has 8 heteroatoms. The van der Waals surface area contributed by atoms with Crippen LogP contribution in [0.3, 0.4) is 0 Å². The Bertz CT molecular complexity index is 483. The third kappa shape index (κ3) is 13.2. The third-order valence-corrected chi connectivity index (χ3v) is 5.56. The first-order valence-corrected chi connectivity index (χ1v) is 11.1. The maximum Gasteiger partial charge on any atom is 0.321 e. The molecule has 1 rings (SSSR count). The predicted octanol–water partition coefficient (Wildman–Crippen LogP) is 4.94. The summed E-state index contributed by atoms with van der Waals surface area (Å²) in [5.74, 6) is -3.78. The average Bonchev–Trinajstić information content (AvgIpc) is 2.60. The minimum Gasteiger partial charge on any atom is -0.481 e. The van der Waals surface area contributed by atoms with Gasteiger partial charge < -0.3 is 20.4 Å². The summed E-state index contributed by atoms with van der Waals surface area (Å²) >= 11 is 0. The van der Waals surface area contributed by atoms with Crippen molar-refractivity contribution in [2.24, 2.45) is 5.41 Å². The zero-order valence-electron chi connectivity index (χ0n) is 17.9. The molecule has 0 saturated heterocycles. The summed E-state index contributed by atoms with van der Waals surface area (Å²) in [5, 5.41) is 33.9. The number of unbranched alkanes of at least 4 members (excludes halogenated alkanes) is 11.